The zero-order valence-corrected chi connectivity index (χ0v) is 9.43. The number of hydrogen-bond acceptors (Lipinski definition) is 2. The highest BCUT2D eigenvalue weighted by atomic mass is 79.9. The van der Waals surface area contributed by atoms with Crippen molar-refractivity contribution in [2.75, 3.05) is 5.32 Å². The minimum atomic E-state index is -1.88. The van der Waals surface area contributed by atoms with Gasteiger partial charge in [-0.25, -0.2) is 9.37 Å². The molecule has 0 unspecified atom stereocenters. The molecule has 0 aliphatic rings. The van der Waals surface area contributed by atoms with Crippen molar-refractivity contribution in [3.8, 4) is 0 Å². The first-order valence-electron chi connectivity index (χ1n) is 4.01. The van der Waals surface area contributed by atoms with E-state index in [1.54, 1.807) is 12.1 Å². The van der Waals surface area contributed by atoms with E-state index in [2.05, 4.69) is 26.2 Å². The van der Waals surface area contributed by atoms with Gasteiger partial charge in [0.15, 0.2) is 5.67 Å². The fraction of sp³-hybridized carbons (Fsp3) is 0.333. The molecule has 0 aliphatic heterocycles. The summed E-state index contributed by atoms with van der Waals surface area (Å²) in [6.45, 7) is 2.41. The van der Waals surface area contributed by atoms with E-state index in [0.29, 0.717) is 10.3 Å². The van der Waals surface area contributed by atoms with Crippen LogP contribution in [0.2, 0.25) is 0 Å². The van der Waals surface area contributed by atoms with E-state index in [1.807, 2.05) is 0 Å². The van der Waals surface area contributed by atoms with E-state index >= 15 is 0 Å². The number of aromatic nitrogens is 1. The summed E-state index contributed by atoms with van der Waals surface area (Å²) < 4.78 is 13.7. The van der Waals surface area contributed by atoms with Crippen molar-refractivity contribution < 1.29 is 9.18 Å². The number of amides is 1. The standard InChI is InChI=1S/C9H10BrFN2O/c1-9(2,11)8(14)13-6-3-4-12-7(10)5-6/h3-5H,1-2H3,(H,12,13,14). The summed E-state index contributed by atoms with van der Waals surface area (Å²) in [6.07, 6.45) is 1.52. The molecule has 1 rings (SSSR count). The van der Waals surface area contributed by atoms with Gasteiger partial charge in [-0.15, -0.1) is 0 Å². The number of pyridine rings is 1. The summed E-state index contributed by atoms with van der Waals surface area (Å²) in [5.74, 6) is -0.671. The Morgan fingerprint density at radius 3 is 2.79 bits per heavy atom. The van der Waals surface area contributed by atoms with Gasteiger partial charge >= 0.3 is 0 Å². The molecule has 0 aromatic carbocycles. The fourth-order valence-electron chi connectivity index (χ4n) is 0.760. The lowest BCUT2D eigenvalue weighted by molar-refractivity contribution is -0.125. The Morgan fingerprint density at radius 2 is 2.29 bits per heavy atom. The second-order valence-electron chi connectivity index (χ2n) is 3.29. The number of rotatable bonds is 2. The van der Waals surface area contributed by atoms with Crippen molar-refractivity contribution in [1.29, 1.82) is 0 Å². The molecule has 0 fully saturated rings. The molecule has 1 aromatic heterocycles. The van der Waals surface area contributed by atoms with Gasteiger partial charge in [-0.05, 0) is 41.9 Å². The molecule has 0 saturated heterocycles. The van der Waals surface area contributed by atoms with Gasteiger partial charge in [0.2, 0.25) is 0 Å². The summed E-state index contributed by atoms with van der Waals surface area (Å²) in [6, 6.07) is 3.19. The second kappa shape index (κ2) is 4.04. The summed E-state index contributed by atoms with van der Waals surface area (Å²) in [4.78, 5) is 15.1. The summed E-state index contributed by atoms with van der Waals surface area (Å²) in [7, 11) is 0. The summed E-state index contributed by atoms with van der Waals surface area (Å²) in [5.41, 5.74) is -1.36. The minimum absolute atomic E-state index is 0.516. The molecular weight excluding hydrogens is 251 g/mol. The van der Waals surface area contributed by atoms with Crippen LogP contribution in [0.3, 0.4) is 0 Å². The van der Waals surface area contributed by atoms with Crippen LogP contribution in [0, 0.1) is 0 Å². The molecule has 0 radical (unpaired) electrons. The van der Waals surface area contributed by atoms with Crippen molar-refractivity contribution in [3.05, 3.63) is 22.9 Å². The third kappa shape index (κ3) is 3.06. The largest absolute Gasteiger partial charge is 0.323 e. The van der Waals surface area contributed by atoms with Crippen LogP contribution in [0.15, 0.2) is 22.9 Å². The molecule has 1 aromatic rings. The maximum Gasteiger partial charge on any atom is 0.261 e. The molecule has 0 atom stereocenters. The molecule has 0 aliphatic carbocycles. The molecule has 14 heavy (non-hydrogen) atoms. The zero-order valence-electron chi connectivity index (χ0n) is 7.84. The molecule has 3 nitrogen and oxygen atoms in total. The number of hydrogen-bond donors (Lipinski definition) is 1. The summed E-state index contributed by atoms with van der Waals surface area (Å²) >= 11 is 3.15. The highest BCUT2D eigenvalue weighted by molar-refractivity contribution is 9.10. The van der Waals surface area contributed by atoms with Gasteiger partial charge in [0.05, 0.1) is 0 Å². The van der Waals surface area contributed by atoms with Crippen molar-refractivity contribution in [3.63, 3.8) is 0 Å². The van der Waals surface area contributed by atoms with E-state index in [-0.39, 0.29) is 0 Å². The monoisotopic (exact) mass is 260 g/mol. The van der Waals surface area contributed by atoms with Crippen LogP contribution in [-0.2, 0) is 4.79 Å². The number of anilines is 1. The van der Waals surface area contributed by atoms with Gasteiger partial charge in [0.25, 0.3) is 5.91 Å². The molecule has 5 heteroatoms. The predicted molar refractivity (Wildman–Crippen MR) is 55.8 cm³/mol. The highest BCUT2D eigenvalue weighted by Gasteiger charge is 2.26. The first-order chi connectivity index (χ1) is 6.39. The molecule has 0 saturated carbocycles. The van der Waals surface area contributed by atoms with E-state index in [9.17, 15) is 9.18 Å². The average Bonchev–Trinajstić information content (AvgIpc) is 2.02. The number of nitrogens with one attached hydrogen (secondary N) is 1. The molecular formula is C9H10BrFN2O. The van der Waals surface area contributed by atoms with Crippen molar-refractivity contribution in [2.24, 2.45) is 0 Å². The fourth-order valence-corrected chi connectivity index (χ4v) is 1.12. The maximum absolute atomic E-state index is 13.1. The first-order valence-corrected chi connectivity index (χ1v) is 4.81. The van der Waals surface area contributed by atoms with Crippen LogP contribution in [0.5, 0.6) is 0 Å². The highest BCUT2D eigenvalue weighted by Crippen LogP contribution is 2.16. The maximum atomic E-state index is 13.1. The summed E-state index contributed by atoms with van der Waals surface area (Å²) in [5, 5.41) is 2.44. The van der Waals surface area contributed by atoms with Gasteiger partial charge in [-0.1, -0.05) is 0 Å². The lowest BCUT2D eigenvalue weighted by Crippen LogP contribution is -2.32. The van der Waals surface area contributed by atoms with Gasteiger partial charge in [0.1, 0.15) is 4.60 Å². The smallest absolute Gasteiger partial charge is 0.261 e. The predicted octanol–water partition coefficient (Wildman–Crippen LogP) is 2.53. The lowest BCUT2D eigenvalue weighted by atomic mass is 10.1. The number of carbonyl (C=O) groups excluding carboxylic acids is 1. The van der Waals surface area contributed by atoms with Crippen LogP contribution >= 0.6 is 15.9 Å². The van der Waals surface area contributed by atoms with Crippen LogP contribution in [0.4, 0.5) is 10.1 Å². The molecule has 1 amide bonds. The Balaban J connectivity index is 2.75. The Bertz CT molecular complexity index is 349. The third-order valence-electron chi connectivity index (χ3n) is 1.52. The van der Waals surface area contributed by atoms with Crippen LogP contribution in [-0.4, -0.2) is 16.6 Å². The molecule has 0 spiro atoms. The number of alkyl halides is 1. The average molecular weight is 261 g/mol. The minimum Gasteiger partial charge on any atom is -0.323 e. The Kier molecular flexibility index (Phi) is 3.21. The SMILES string of the molecule is CC(C)(F)C(=O)Nc1ccnc(Br)c1. The molecule has 0 bridgehead atoms. The van der Waals surface area contributed by atoms with E-state index in [4.69, 9.17) is 0 Å². The lowest BCUT2D eigenvalue weighted by Gasteiger charge is -2.13. The number of carbonyl (C=O) groups is 1. The molecule has 1 heterocycles. The van der Waals surface area contributed by atoms with Crippen molar-refractivity contribution >= 4 is 27.5 Å². The van der Waals surface area contributed by atoms with Crippen molar-refractivity contribution in [2.45, 2.75) is 19.5 Å². The van der Waals surface area contributed by atoms with Gasteiger partial charge in [0, 0.05) is 11.9 Å². The Morgan fingerprint density at radius 1 is 1.64 bits per heavy atom. The van der Waals surface area contributed by atoms with Crippen LogP contribution in [0.25, 0.3) is 0 Å². The van der Waals surface area contributed by atoms with Crippen LogP contribution in [0.1, 0.15) is 13.8 Å². The Hall–Kier alpha value is -0.970. The first kappa shape index (κ1) is 11.1. The molecule has 1 N–H and O–H groups in total. The number of nitrogens with zero attached hydrogens (tertiary/aromatic N) is 1. The van der Waals surface area contributed by atoms with Crippen LogP contribution < -0.4 is 5.32 Å². The van der Waals surface area contributed by atoms with Gasteiger partial charge in [-0.3, -0.25) is 4.79 Å². The molecule has 76 valence electrons. The second-order valence-corrected chi connectivity index (χ2v) is 4.11. The Labute approximate surface area is 89.9 Å². The normalized spacial score (nSPS) is 11.1. The topological polar surface area (TPSA) is 42.0 Å². The van der Waals surface area contributed by atoms with Gasteiger partial charge in [-0.2, -0.15) is 0 Å². The third-order valence-corrected chi connectivity index (χ3v) is 1.96. The number of halogens is 2. The van der Waals surface area contributed by atoms with E-state index in [0.717, 1.165) is 0 Å². The van der Waals surface area contributed by atoms with Gasteiger partial charge < -0.3 is 5.32 Å². The quantitative estimate of drug-likeness (QED) is 0.831. The van der Waals surface area contributed by atoms with E-state index in [1.165, 1.54) is 20.0 Å². The van der Waals surface area contributed by atoms with E-state index < -0.39 is 11.6 Å². The zero-order chi connectivity index (χ0) is 10.8. The van der Waals surface area contributed by atoms with Crippen molar-refractivity contribution in [1.82, 2.24) is 4.98 Å².